The van der Waals surface area contributed by atoms with Crippen molar-refractivity contribution in [1.29, 1.82) is 0 Å². The summed E-state index contributed by atoms with van der Waals surface area (Å²) in [5, 5.41) is 11.2. The van der Waals surface area contributed by atoms with Gasteiger partial charge >= 0.3 is 6.03 Å². The molecule has 0 unspecified atom stereocenters. The number of rotatable bonds is 7. The van der Waals surface area contributed by atoms with E-state index in [4.69, 9.17) is 16.7 Å². The number of amides is 3. The molecule has 0 atom stereocenters. The average Bonchev–Trinajstić information content (AvgIpc) is 3.20. The van der Waals surface area contributed by atoms with Gasteiger partial charge in [-0.2, -0.15) is 5.10 Å². The molecule has 0 aliphatic rings. The topological polar surface area (TPSA) is 79.3 Å². The summed E-state index contributed by atoms with van der Waals surface area (Å²) in [6, 6.07) is 22.6. The van der Waals surface area contributed by atoms with Gasteiger partial charge in [-0.1, -0.05) is 66.2 Å². The van der Waals surface area contributed by atoms with Gasteiger partial charge in [-0.3, -0.25) is 4.79 Å². The number of nitrogens with zero attached hydrogens (tertiary/aromatic N) is 3. The molecule has 0 radical (unpaired) electrons. The van der Waals surface area contributed by atoms with Gasteiger partial charge in [0.25, 0.3) is 0 Å². The number of urea groups is 1. The van der Waals surface area contributed by atoms with E-state index < -0.39 is 0 Å². The van der Waals surface area contributed by atoms with Crippen molar-refractivity contribution in [1.82, 2.24) is 14.7 Å². The van der Waals surface area contributed by atoms with Gasteiger partial charge in [0.05, 0.1) is 11.4 Å². The van der Waals surface area contributed by atoms with Crippen molar-refractivity contribution >= 4 is 35.0 Å². The Kier molecular flexibility index (Phi) is 7.94. The fourth-order valence-electron chi connectivity index (χ4n) is 4.11. The molecule has 0 fully saturated rings. The molecule has 190 valence electrons. The van der Waals surface area contributed by atoms with Crippen molar-refractivity contribution in [3.05, 3.63) is 94.6 Å². The number of likely N-dealkylation sites (N-methyl/N-ethyl adjacent to an activating group) is 1. The first kappa shape index (κ1) is 26.0. The largest absolute Gasteiger partial charge is 0.322 e. The Hall–Kier alpha value is -4.10. The zero-order valence-electron chi connectivity index (χ0n) is 21.4. The second-order valence-electron chi connectivity index (χ2n) is 8.83. The molecule has 8 heteroatoms. The predicted molar refractivity (Wildman–Crippen MR) is 150 cm³/mol. The minimum atomic E-state index is -0.385. The third kappa shape index (κ3) is 5.84. The smallest absolute Gasteiger partial charge is 0.315 e. The van der Waals surface area contributed by atoms with Crippen LogP contribution in [-0.4, -0.2) is 39.7 Å². The second kappa shape index (κ2) is 11.3. The monoisotopic (exact) mass is 515 g/mol. The molecule has 4 aromatic rings. The van der Waals surface area contributed by atoms with E-state index in [9.17, 15) is 9.59 Å². The van der Waals surface area contributed by atoms with E-state index in [-0.39, 0.29) is 18.5 Å². The summed E-state index contributed by atoms with van der Waals surface area (Å²) in [5.74, 6) is 0.232. The predicted octanol–water partition coefficient (Wildman–Crippen LogP) is 6.61. The van der Waals surface area contributed by atoms with Crippen LogP contribution in [0.2, 0.25) is 5.02 Å². The lowest BCUT2D eigenvalue weighted by Crippen LogP contribution is -2.40. The Morgan fingerprint density at radius 3 is 2.30 bits per heavy atom. The number of halogens is 1. The number of carbonyl (C=O) groups is 2. The molecular formula is C29H30ClN5O2. The lowest BCUT2D eigenvalue weighted by atomic mass is 10.1. The molecule has 1 aromatic heterocycles. The number of hydrogen-bond donors (Lipinski definition) is 2. The van der Waals surface area contributed by atoms with Gasteiger partial charge < -0.3 is 15.5 Å². The maximum Gasteiger partial charge on any atom is 0.322 e. The van der Waals surface area contributed by atoms with Crippen molar-refractivity contribution in [2.24, 2.45) is 0 Å². The Bertz CT molecular complexity index is 1430. The van der Waals surface area contributed by atoms with Crippen molar-refractivity contribution < 1.29 is 9.59 Å². The first-order valence-corrected chi connectivity index (χ1v) is 12.5. The number of benzene rings is 3. The zero-order chi connectivity index (χ0) is 26.5. The normalized spacial score (nSPS) is 10.7. The van der Waals surface area contributed by atoms with Crippen LogP contribution in [-0.2, 0) is 4.79 Å². The number of anilines is 2. The Morgan fingerprint density at radius 2 is 1.62 bits per heavy atom. The molecule has 1 heterocycles. The molecule has 37 heavy (non-hydrogen) atoms. The summed E-state index contributed by atoms with van der Waals surface area (Å²) >= 11 is 6.19. The molecule has 0 spiro atoms. The van der Waals surface area contributed by atoms with E-state index in [1.54, 1.807) is 16.8 Å². The maximum atomic E-state index is 13.3. The fourth-order valence-corrected chi connectivity index (χ4v) is 4.29. The van der Waals surface area contributed by atoms with E-state index in [2.05, 4.69) is 10.6 Å². The van der Waals surface area contributed by atoms with Gasteiger partial charge in [-0.25, -0.2) is 9.48 Å². The number of hydrogen-bond acceptors (Lipinski definition) is 3. The van der Waals surface area contributed by atoms with Gasteiger partial charge in [0.2, 0.25) is 5.91 Å². The molecule has 2 N–H and O–H groups in total. The van der Waals surface area contributed by atoms with Crippen LogP contribution in [0, 0.1) is 20.8 Å². The molecule has 0 aliphatic heterocycles. The SMILES string of the molecule is CCN(CC(=O)Nc1c(-c2ccccc2)c(C)nn1-c1ccccc1C)C(=O)Nc1ccc(C)c(Cl)c1. The molecule has 0 saturated carbocycles. The Morgan fingerprint density at radius 1 is 0.919 bits per heavy atom. The maximum absolute atomic E-state index is 13.3. The van der Waals surface area contributed by atoms with Gasteiger partial charge in [-0.05, 0) is 62.6 Å². The number of aromatic nitrogens is 2. The number of para-hydroxylation sites is 1. The number of carbonyl (C=O) groups excluding carboxylic acids is 2. The van der Waals surface area contributed by atoms with Crippen molar-refractivity contribution in [2.45, 2.75) is 27.7 Å². The zero-order valence-corrected chi connectivity index (χ0v) is 22.1. The minimum absolute atomic E-state index is 0.131. The van der Waals surface area contributed by atoms with Gasteiger partial charge in [0.1, 0.15) is 12.4 Å². The van der Waals surface area contributed by atoms with Gasteiger partial charge in [-0.15, -0.1) is 0 Å². The molecule has 7 nitrogen and oxygen atoms in total. The van der Waals surface area contributed by atoms with Crippen LogP contribution in [0.1, 0.15) is 23.7 Å². The molecule has 0 aliphatic carbocycles. The number of aryl methyl sites for hydroxylation is 3. The number of nitrogens with one attached hydrogen (secondary N) is 2. The summed E-state index contributed by atoms with van der Waals surface area (Å²) < 4.78 is 1.76. The summed E-state index contributed by atoms with van der Waals surface area (Å²) in [4.78, 5) is 27.7. The summed E-state index contributed by atoms with van der Waals surface area (Å²) in [5.41, 5.74) is 5.93. The summed E-state index contributed by atoms with van der Waals surface area (Å²) in [6.45, 7) is 7.86. The molecule has 4 rings (SSSR count). The highest BCUT2D eigenvalue weighted by Crippen LogP contribution is 2.34. The van der Waals surface area contributed by atoms with Crippen molar-refractivity contribution in [3.8, 4) is 16.8 Å². The van der Waals surface area contributed by atoms with E-state index in [0.29, 0.717) is 23.1 Å². The first-order valence-electron chi connectivity index (χ1n) is 12.1. The third-order valence-electron chi connectivity index (χ3n) is 6.15. The third-order valence-corrected chi connectivity index (χ3v) is 6.56. The van der Waals surface area contributed by atoms with E-state index in [1.807, 2.05) is 88.4 Å². The molecule has 3 aromatic carbocycles. The van der Waals surface area contributed by atoms with Crippen LogP contribution in [0.3, 0.4) is 0 Å². The summed E-state index contributed by atoms with van der Waals surface area (Å²) in [7, 11) is 0. The summed E-state index contributed by atoms with van der Waals surface area (Å²) in [6.07, 6.45) is 0. The minimum Gasteiger partial charge on any atom is -0.315 e. The fraction of sp³-hybridized carbons (Fsp3) is 0.207. The second-order valence-corrected chi connectivity index (χ2v) is 9.24. The molecule has 0 bridgehead atoms. The quantitative estimate of drug-likeness (QED) is 0.290. The van der Waals surface area contributed by atoms with Crippen LogP contribution in [0.15, 0.2) is 72.8 Å². The first-order chi connectivity index (χ1) is 17.8. The van der Waals surface area contributed by atoms with E-state index in [0.717, 1.165) is 33.6 Å². The standard InChI is InChI=1S/C29H30ClN5O2/c1-5-34(29(37)31-23-16-15-19(2)24(30)17-23)18-26(36)32-28-27(22-12-7-6-8-13-22)21(4)33-35(28)25-14-10-9-11-20(25)3/h6-17H,5,18H2,1-4H3,(H,31,37)(H,32,36). The lowest BCUT2D eigenvalue weighted by molar-refractivity contribution is -0.116. The highest BCUT2D eigenvalue weighted by Gasteiger charge is 2.23. The molecular weight excluding hydrogens is 486 g/mol. The van der Waals surface area contributed by atoms with Crippen molar-refractivity contribution in [3.63, 3.8) is 0 Å². The van der Waals surface area contributed by atoms with Crippen LogP contribution >= 0.6 is 11.6 Å². The van der Waals surface area contributed by atoms with Gasteiger partial charge in [0.15, 0.2) is 0 Å². The molecule has 3 amide bonds. The van der Waals surface area contributed by atoms with Crippen LogP contribution in [0.25, 0.3) is 16.8 Å². The van der Waals surface area contributed by atoms with Gasteiger partial charge in [0, 0.05) is 22.8 Å². The highest BCUT2D eigenvalue weighted by atomic mass is 35.5. The average molecular weight is 516 g/mol. The lowest BCUT2D eigenvalue weighted by Gasteiger charge is -2.21. The Balaban J connectivity index is 1.61. The Labute approximate surface area is 222 Å². The van der Waals surface area contributed by atoms with Crippen LogP contribution in [0.5, 0.6) is 0 Å². The van der Waals surface area contributed by atoms with Crippen molar-refractivity contribution in [2.75, 3.05) is 23.7 Å². The highest BCUT2D eigenvalue weighted by molar-refractivity contribution is 6.31. The van der Waals surface area contributed by atoms with Crippen LogP contribution < -0.4 is 10.6 Å². The molecule has 0 saturated heterocycles. The van der Waals surface area contributed by atoms with E-state index >= 15 is 0 Å². The van der Waals surface area contributed by atoms with E-state index in [1.165, 1.54) is 4.90 Å². The van der Waals surface area contributed by atoms with Crippen LogP contribution in [0.4, 0.5) is 16.3 Å².